The van der Waals surface area contributed by atoms with Crippen LogP contribution in [0, 0.1) is 11.6 Å². The van der Waals surface area contributed by atoms with Gasteiger partial charge < -0.3 is 0 Å². The molecule has 1 nitrogen and oxygen atoms in total. The first-order valence-corrected chi connectivity index (χ1v) is 8.66. The minimum atomic E-state index is -0.854. The molecule has 0 aliphatic rings. The van der Waals surface area contributed by atoms with E-state index in [1.165, 1.54) is 0 Å². The molecule has 3 aromatic rings. The Bertz CT molecular complexity index is 852. The Hall–Kier alpha value is -2.55. The summed E-state index contributed by atoms with van der Waals surface area (Å²) in [5.41, 5.74) is 3.84. The zero-order valence-corrected chi connectivity index (χ0v) is 14.5. The van der Waals surface area contributed by atoms with Crippen LogP contribution in [0.4, 0.5) is 8.78 Å². The van der Waals surface area contributed by atoms with E-state index < -0.39 is 11.6 Å². The number of aromatic nitrogens is 1. The summed E-state index contributed by atoms with van der Waals surface area (Å²) >= 11 is 0. The first-order valence-electron chi connectivity index (χ1n) is 8.66. The maximum absolute atomic E-state index is 14.6. The van der Waals surface area contributed by atoms with Gasteiger partial charge in [0.05, 0.1) is 5.69 Å². The summed E-state index contributed by atoms with van der Waals surface area (Å²) in [5.74, 6) is -1.69. The molecule has 0 amide bonds. The molecule has 0 saturated heterocycles. The molecular weight excluding hydrogens is 316 g/mol. The molecule has 0 radical (unpaired) electrons. The van der Waals surface area contributed by atoms with Crippen LogP contribution in [0.2, 0.25) is 0 Å². The molecule has 3 rings (SSSR count). The summed E-state index contributed by atoms with van der Waals surface area (Å²) in [6, 6.07) is 14.4. The van der Waals surface area contributed by atoms with Gasteiger partial charge in [-0.1, -0.05) is 56.7 Å². The largest absolute Gasteiger partial charge is 0.256 e. The third kappa shape index (κ3) is 3.60. The molecule has 0 N–H and O–H groups in total. The van der Waals surface area contributed by atoms with Crippen LogP contribution < -0.4 is 0 Å². The van der Waals surface area contributed by atoms with Crippen LogP contribution in [0.3, 0.4) is 0 Å². The number of rotatable bonds is 5. The molecular formula is C22H21F2N. The van der Waals surface area contributed by atoms with E-state index in [0.29, 0.717) is 11.3 Å². The summed E-state index contributed by atoms with van der Waals surface area (Å²) in [4.78, 5) is 4.29. The molecule has 0 aliphatic heterocycles. The van der Waals surface area contributed by atoms with Gasteiger partial charge in [0.2, 0.25) is 0 Å². The summed E-state index contributed by atoms with van der Waals surface area (Å²) in [6.45, 7) is 4.15. The monoisotopic (exact) mass is 337 g/mol. The molecule has 2 aromatic carbocycles. The summed E-state index contributed by atoms with van der Waals surface area (Å²) in [6.07, 6.45) is 4.59. The van der Waals surface area contributed by atoms with Crippen molar-refractivity contribution in [1.29, 1.82) is 0 Å². The number of hydrogen-bond donors (Lipinski definition) is 0. The van der Waals surface area contributed by atoms with E-state index in [1.807, 2.05) is 30.3 Å². The zero-order chi connectivity index (χ0) is 17.8. The highest BCUT2D eigenvalue weighted by atomic mass is 19.2. The lowest BCUT2D eigenvalue weighted by Gasteiger charge is -2.10. The van der Waals surface area contributed by atoms with Crippen molar-refractivity contribution < 1.29 is 8.78 Å². The van der Waals surface area contributed by atoms with Crippen LogP contribution in [-0.4, -0.2) is 4.98 Å². The molecule has 3 heteroatoms. The first-order chi connectivity index (χ1) is 12.1. The van der Waals surface area contributed by atoms with Gasteiger partial charge >= 0.3 is 0 Å². The summed E-state index contributed by atoms with van der Waals surface area (Å²) in [7, 11) is 0. The molecule has 128 valence electrons. The van der Waals surface area contributed by atoms with E-state index in [2.05, 4.69) is 18.8 Å². The molecule has 0 spiro atoms. The minimum Gasteiger partial charge on any atom is -0.256 e. The molecule has 1 aromatic heterocycles. The van der Waals surface area contributed by atoms with Crippen LogP contribution >= 0.6 is 0 Å². The zero-order valence-electron chi connectivity index (χ0n) is 14.5. The molecule has 0 aliphatic carbocycles. The molecule has 1 heterocycles. The van der Waals surface area contributed by atoms with Gasteiger partial charge in [-0.25, -0.2) is 8.78 Å². The van der Waals surface area contributed by atoms with Gasteiger partial charge in [-0.2, -0.15) is 0 Å². The second kappa shape index (κ2) is 7.56. The predicted octanol–water partition coefficient (Wildman–Crippen LogP) is 6.21. The number of pyridine rings is 1. The highest BCUT2D eigenvalue weighted by molar-refractivity contribution is 5.70. The Morgan fingerprint density at radius 3 is 2.00 bits per heavy atom. The van der Waals surface area contributed by atoms with E-state index >= 15 is 0 Å². The molecule has 25 heavy (non-hydrogen) atoms. The van der Waals surface area contributed by atoms with Crippen molar-refractivity contribution in [3.05, 3.63) is 77.5 Å². The Morgan fingerprint density at radius 2 is 1.40 bits per heavy atom. The quantitative estimate of drug-likeness (QED) is 0.539. The van der Waals surface area contributed by atoms with Gasteiger partial charge in [0, 0.05) is 17.3 Å². The highest BCUT2D eigenvalue weighted by Gasteiger charge is 2.16. The fourth-order valence-corrected chi connectivity index (χ4v) is 2.91. The molecule has 0 unspecified atom stereocenters. The fourth-order valence-electron chi connectivity index (χ4n) is 2.91. The number of nitrogens with zero attached hydrogens (tertiary/aromatic N) is 1. The average molecular weight is 337 g/mol. The van der Waals surface area contributed by atoms with Gasteiger partial charge in [-0.05, 0) is 41.7 Å². The topological polar surface area (TPSA) is 12.9 Å². The smallest absolute Gasteiger partial charge is 0.168 e. The van der Waals surface area contributed by atoms with Crippen LogP contribution in [0.15, 0.2) is 54.7 Å². The van der Waals surface area contributed by atoms with E-state index in [1.54, 1.807) is 24.4 Å². The molecule has 0 saturated carbocycles. The Morgan fingerprint density at radius 1 is 0.760 bits per heavy atom. The van der Waals surface area contributed by atoms with Crippen molar-refractivity contribution in [2.45, 2.75) is 33.1 Å². The second-order valence-electron chi connectivity index (χ2n) is 6.14. The van der Waals surface area contributed by atoms with Gasteiger partial charge in [-0.15, -0.1) is 0 Å². The first kappa shape index (κ1) is 17.3. The van der Waals surface area contributed by atoms with E-state index in [4.69, 9.17) is 0 Å². The van der Waals surface area contributed by atoms with Crippen LogP contribution in [0.25, 0.3) is 22.4 Å². The summed E-state index contributed by atoms with van der Waals surface area (Å²) in [5, 5.41) is 0. The number of halogens is 2. The lowest BCUT2D eigenvalue weighted by Crippen LogP contribution is -1.96. The standard InChI is InChI=1S/C22H21F2N/c1-3-5-16-8-13-20(25-14-16)19-12-11-18(21(23)22(19)24)17-9-6-15(4-2)7-10-17/h6-14H,3-5H2,1-2H3. The van der Waals surface area contributed by atoms with Gasteiger partial charge in [0.1, 0.15) is 0 Å². The second-order valence-corrected chi connectivity index (χ2v) is 6.14. The van der Waals surface area contributed by atoms with Crippen molar-refractivity contribution in [2.75, 3.05) is 0 Å². The Balaban J connectivity index is 1.96. The number of hydrogen-bond acceptors (Lipinski definition) is 1. The van der Waals surface area contributed by atoms with Crippen molar-refractivity contribution >= 4 is 0 Å². The maximum Gasteiger partial charge on any atom is 0.168 e. The van der Waals surface area contributed by atoms with Gasteiger partial charge in [0.15, 0.2) is 11.6 Å². The Kier molecular flexibility index (Phi) is 5.22. The summed E-state index contributed by atoms with van der Waals surface area (Å²) < 4.78 is 29.2. The predicted molar refractivity (Wildman–Crippen MR) is 98.4 cm³/mol. The average Bonchev–Trinajstić information content (AvgIpc) is 2.65. The maximum atomic E-state index is 14.6. The SMILES string of the molecule is CCCc1ccc(-c2ccc(-c3ccc(CC)cc3)c(F)c2F)nc1. The normalized spacial score (nSPS) is 10.9. The van der Waals surface area contributed by atoms with E-state index in [9.17, 15) is 8.78 Å². The Labute approximate surface area is 147 Å². The minimum absolute atomic E-state index is 0.189. The highest BCUT2D eigenvalue weighted by Crippen LogP contribution is 2.31. The molecule has 0 atom stereocenters. The lowest BCUT2D eigenvalue weighted by molar-refractivity contribution is 0.513. The van der Waals surface area contributed by atoms with E-state index in [-0.39, 0.29) is 11.1 Å². The number of benzene rings is 2. The van der Waals surface area contributed by atoms with Gasteiger partial charge in [-0.3, -0.25) is 4.98 Å². The van der Waals surface area contributed by atoms with Crippen LogP contribution in [0.5, 0.6) is 0 Å². The van der Waals surface area contributed by atoms with Crippen molar-refractivity contribution in [2.24, 2.45) is 0 Å². The number of aryl methyl sites for hydroxylation is 2. The van der Waals surface area contributed by atoms with E-state index in [0.717, 1.165) is 30.4 Å². The lowest BCUT2D eigenvalue weighted by atomic mass is 9.99. The van der Waals surface area contributed by atoms with Crippen LogP contribution in [-0.2, 0) is 12.8 Å². The molecule has 0 bridgehead atoms. The molecule has 0 fully saturated rings. The van der Waals surface area contributed by atoms with Gasteiger partial charge in [0.25, 0.3) is 0 Å². The van der Waals surface area contributed by atoms with Crippen molar-refractivity contribution in [1.82, 2.24) is 4.98 Å². The van der Waals surface area contributed by atoms with Crippen molar-refractivity contribution in [3.63, 3.8) is 0 Å². The van der Waals surface area contributed by atoms with Crippen LogP contribution in [0.1, 0.15) is 31.4 Å². The third-order valence-electron chi connectivity index (χ3n) is 4.39. The van der Waals surface area contributed by atoms with Crippen molar-refractivity contribution in [3.8, 4) is 22.4 Å². The fraction of sp³-hybridized carbons (Fsp3) is 0.227. The third-order valence-corrected chi connectivity index (χ3v) is 4.39.